The number of carbonyl (C=O) groups is 1. The number of benzene rings is 1. The van der Waals surface area contributed by atoms with Crippen molar-refractivity contribution in [3.63, 3.8) is 0 Å². The van der Waals surface area contributed by atoms with Crippen LogP contribution in [0.4, 0.5) is 0 Å². The van der Waals surface area contributed by atoms with Gasteiger partial charge in [0.2, 0.25) is 0 Å². The van der Waals surface area contributed by atoms with Crippen LogP contribution < -0.4 is 0 Å². The van der Waals surface area contributed by atoms with Crippen molar-refractivity contribution >= 4 is 6.29 Å². The van der Waals surface area contributed by atoms with Crippen molar-refractivity contribution in [1.82, 2.24) is 0 Å². The highest BCUT2D eigenvalue weighted by Crippen LogP contribution is 2.10. The zero-order chi connectivity index (χ0) is 9.52. The second-order valence-electron chi connectivity index (χ2n) is 2.81. The zero-order valence-corrected chi connectivity index (χ0v) is 7.36. The molecule has 0 bridgehead atoms. The standard InChI is InChI=1S/C11H11NO/c12-8-7-11-5-2-1-4-10(11)6-3-9-13/h1-2,4-5,9H,3,6-7H2. The Morgan fingerprint density at radius 2 is 2.00 bits per heavy atom. The highest BCUT2D eigenvalue weighted by molar-refractivity contribution is 5.50. The number of aryl methyl sites for hydroxylation is 1. The molecular weight excluding hydrogens is 162 g/mol. The van der Waals surface area contributed by atoms with Crippen LogP contribution >= 0.6 is 0 Å². The topological polar surface area (TPSA) is 40.9 Å². The van der Waals surface area contributed by atoms with Gasteiger partial charge in [-0.1, -0.05) is 24.3 Å². The van der Waals surface area contributed by atoms with Crippen LogP contribution in [0.25, 0.3) is 0 Å². The van der Waals surface area contributed by atoms with Gasteiger partial charge in [0.15, 0.2) is 0 Å². The van der Waals surface area contributed by atoms with Gasteiger partial charge in [-0.05, 0) is 17.5 Å². The fourth-order valence-corrected chi connectivity index (χ4v) is 1.27. The summed E-state index contributed by atoms with van der Waals surface area (Å²) in [7, 11) is 0. The van der Waals surface area contributed by atoms with Crippen LogP contribution in [-0.4, -0.2) is 6.29 Å². The molecule has 0 aromatic heterocycles. The molecule has 0 heterocycles. The van der Waals surface area contributed by atoms with Crippen molar-refractivity contribution < 1.29 is 4.79 Å². The third kappa shape index (κ3) is 2.72. The molecule has 0 unspecified atom stereocenters. The molecule has 0 aliphatic heterocycles. The summed E-state index contributed by atoms with van der Waals surface area (Å²) in [6.07, 6.45) is 2.60. The lowest BCUT2D eigenvalue weighted by molar-refractivity contribution is -0.107. The van der Waals surface area contributed by atoms with E-state index in [1.165, 1.54) is 0 Å². The van der Waals surface area contributed by atoms with E-state index in [1.807, 2.05) is 24.3 Å². The molecule has 0 fully saturated rings. The molecule has 0 aliphatic carbocycles. The maximum absolute atomic E-state index is 10.2. The lowest BCUT2D eigenvalue weighted by Gasteiger charge is -2.03. The van der Waals surface area contributed by atoms with Gasteiger partial charge in [-0.2, -0.15) is 5.26 Å². The Balaban J connectivity index is 2.79. The number of carbonyl (C=O) groups excluding carboxylic acids is 1. The van der Waals surface area contributed by atoms with E-state index < -0.39 is 0 Å². The van der Waals surface area contributed by atoms with Gasteiger partial charge >= 0.3 is 0 Å². The first-order valence-corrected chi connectivity index (χ1v) is 4.26. The van der Waals surface area contributed by atoms with Crippen molar-refractivity contribution in [2.45, 2.75) is 19.3 Å². The molecule has 0 N–H and O–H groups in total. The van der Waals surface area contributed by atoms with Crippen molar-refractivity contribution in [1.29, 1.82) is 5.26 Å². The quantitative estimate of drug-likeness (QED) is 0.652. The van der Waals surface area contributed by atoms with E-state index >= 15 is 0 Å². The second kappa shape index (κ2) is 5.10. The average molecular weight is 173 g/mol. The van der Waals surface area contributed by atoms with Gasteiger partial charge in [-0.25, -0.2) is 0 Å². The maximum Gasteiger partial charge on any atom is 0.120 e. The highest BCUT2D eigenvalue weighted by atomic mass is 16.1. The Kier molecular flexibility index (Phi) is 3.72. The molecule has 1 aromatic carbocycles. The number of nitriles is 1. The van der Waals surface area contributed by atoms with Crippen LogP contribution in [0.3, 0.4) is 0 Å². The van der Waals surface area contributed by atoms with Gasteiger partial charge in [0, 0.05) is 6.42 Å². The molecule has 0 radical (unpaired) electrons. The fraction of sp³-hybridized carbons (Fsp3) is 0.273. The molecule has 2 heteroatoms. The minimum absolute atomic E-state index is 0.426. The number of hydrogen-bond donors (Lipinski definition) is 0. The molecule has 0 amide bonds. The van der Waals surface area contributed by atoms with E-state index in [0.717, 1.165) is 23.8 Å². The van der Waals surface area contributed by atoms with Gasteiger partial charge in [-0.15, -0.1) is 0 Å². The Bertz CT molecular complexity index is 325. The Hall–Kier alpha value is -1.62. The molecule has 1 aromatic rings. The molecule has 0 atom stereocenters. The third-order valence-corrected chi connectivity index (χ3v) is 1.92. The first kappa shape index (κ1) is 9.47. The highest BCUT2D eigenvalue weighted by Gasteiger charge is 1.99. The Morgan fingerprint density at radius 1 is 1.31 bits per heavy atom. The van der Waals surface area contributed by atoms with Crippen LogP contribution in [0.5, 0.6) is 0 Å². The Labute approximate surface area is 77.8 Å². The number of hydrogen-bond acceptors (Lipinski definition) is 2. The first-order valence-electron chi connectivity index (χ1n) is 4.26. The average Bonchev–Trinajstić information content (AvgIpc) is 2.17. The van der Waals surface area contributed by atoms with Crippen molar-refractivity contribution in [3.05, 3.63) is 35.4 Å². The third-order valence-electron chi connectivity index (χ3n) is 1.92. The van der Waals surface area contributed by atoms with Crippen molar-refractivity contribution in [2.24, 2.45) is 0 Å². The summed E-state index contributed by atoms with van der Waals surface area (Å²) in [6, 6.07) is 9.86. The SMILES string of the molecule is N#CCc1ccccc1CCC=O. The molecule has 13 heavy (non-hydrogen) atoms. The normalized spacial score (nSPS) is 9.15. The van der Waals surface area contributed by atoms with E-state index in [9.17, 15) is 4.79 Å². The van der Waals surface area contributed by atoms with E-state index in [0.29, 0.717) is 12.8 Å². The minimum Gasteiger partial charge on any atom is -0.303 e. The zero-order valence-electron chi connectivity index (χ0n) is 7.36. The van der Waals surface area contributed by atoms with Gasteiger partial charge in [-0.3, -0.25) is 0 Å². The van der Waals surface area contributed by atoms with E-state index in [1.54, 1.807) is 0 Å². The first-order chi connectivity index (χ1) is 6.38. The number of aldehydes is 1. The van der Waals surface area contributed by atoms with Gasteiger partial charge < -0.3 is 4.79 Å². The van der Waals surface area contributed by atoms with Crippen LogP contribution in [0.15, 0.2) is 24.3 Å². The van der Waals surface area contributed by atoms with Gasteiger partial charge in [0.1, 0.15) is 6.29 Å². The molecular formula is C11H11NO. The smallest absolute Gasteiger partial charge is 0.120 e. The predicted molar refractivity (Wildman–Crippen MR) is 50.1 cm³/mol. The summed E-state index contributed by atoms with van der Waals surface area (Å²) in [4.78, 5) is 10.2. The maximum atomic E-state index is 10.2. The van der Waals surface area contributed by atoms with Gasteiger partial charge in [0.25, 0.3) is 0 Å². The van der Waals surface area contributed by atoms with Crippen LogP contribution in [0.1, 0.15) is 17.5 Å². The summed E-state index contributed by atoms with van der Waals surface area (Å²) >= 11 is 0. The van der Waals surface area contributed by atoms with E-state index in [2.05, 4.69) is 6.07 Å². The minimum atomic E-state index is 0.426. The lowest BCUT2D eigenvalue weighted by Crippen LogP contribution is -1.93. The second-order valence-corrected chi connectivity index (χ2v) is 2.81. The van der Waals surface area contributed by atoms with Crippen molar-refractivity contribution in [2.75, 3.05) is 0 Å². The number of rotatable bonds is 4. The fourth-order valence-electron chi connectivity index (χ4n) is 1.27. The Morgan fingerprint density at radius 3 is 2.62 bits per heavy atom. The molecule has 0 spiro atoms. The largest absolute Gasteiger partial charge is 0.303 e. The summed E-state index contributed by atoms with van der Waals surface area (Å²) in [6.45, 7) is 0. The van der Waals surface area contributed by atoms with E-state index in [4.69, 9.17) is 5.26 Å². The molecule has 0 aliphatic rings. The molecule has 1 rings (SSSR count). The van der Waals surface area contributed by atoms with Crippen LogP contribution in [0, 0.1) is 11.3 Å². The molecule has 2 nitrogen and oxygen atoms in total. The van der Waals surface area contributed by atoms with E-state index in [-0.39, 0.29) is 0 Å². The van der Waals surface area contributed by atoms with Crippen LogP contribution in [-0.2, 0) is 17.6 Å². The van der Waals surface area contributed by atoms with Crippen LogP contribution in [0.2, 0.25) is 0 Å². The van der Waals surface area contributed by atoms with Crippen molar-refractivity contribution in [3.8, 4) is 6.07 Å². The monoisotopic (exact) mass is 173 g/mol. The summed E-state index contributed by atoms with van der Waals surface area (Å²) in [5.74, 6) is 0. The summed E-state index contributed by atoms with van der Waals surface area (Å²) in [5, 5.41) is 8.55. The molecule has 0 saturated carbocycles. The predicted octanol–water partition coefficient (Wildman–Crippen LogP) is 1.88. The molecule has 0 saturated heterocycles. The summed E-state index contributed by atoms with van der Waals surface area (Å²) in [5.41, 5.74) is 2.14. The summed E-state index contributed by atoms with van der Waals surface area (Å²) < 4.78 is 0. The van der Waals surface area contributed by atoms with Gasteiger partial charge in [0.05, 0.1) is 12.5 Å². The lowest BCUT2D eigenvalue weighted by atomic mass is 10.0. The molecule has 66 valence electrons. The number of nitrogens with zero attached hydrogens (tertiary/aromatic N) is 1.